The fourth-order valence-electron chi connectivity index (χ4n) is 2.89. The van der Waals surface area contributed by atoms with Crippen LogP contribution in [0.1, 0.15) is 52.9 Å². The van der Waals surface area contributed by atoms with Crippen molar-refractivity contribution in [2.75, 3.05) is 19.6 Å². The molecule has 0 aromatic rings. The van der Waals surface area contributed by atoms with E-state index in [0.29, 0.717) is 11.5 Å². The lowest BCUT2D eigenvalue weighted by Gasteiger charge is -2.30. The van der Waals surface area contributed by atoms with Gasteiger partial charge in [-0.1, -0.05) is 27.2 Å². The average molecular weight is 212 g/mol. The first-order valence-electron chi connectivity index (χ1n) is 6.65. The molecule has 1 saturated heterocycles. The minimum atomic E-state index is 0.598. The van der Waals surface area contributed by atoms with E-state index in [1.165, 1.54) is 45.2 Å². The smallest absolute Gasteiger partial charge is 0.0218 e. The average Bonchev–Trinajstić information content (AvgIpc) is 2.71. The molecule has 0 saturated carbocycles. The first-order valence-corrected chi connectivity index (χ1v) is 6.65. The molecule has 0 aromatic carbocycles. The normalized spacial score (nSPS) is 23.2. The molecule has 2 N–H and O–H groups in total. The van der Waals surface area contributed by atoms with Crippen LogP contribution in [0.2, 0.25) is 0 Å². The standard InChI is InChI=1S/C13H28N2/c1-4-7-12(10-14)15-9-8-13(5-2,6-3)11-15/h12H,4-11,14H2,1-3H3. The van der Waals surface area contributed by atoms with Gasteiger partial charge in [0.15, 0.2) is 0 Å². The molecule has 2 nitrogen and oxygen atoms in total. The number of nitrogens with two attached hydrogens (primary N) is 1. The predicted octanol–water partition coefficient (Wildman–Crippen LogP) is 2.63. The Kier molecular flexibility index (Phi) is 5.07. The number of hydrogen-bond donors (Lipinski definition) is 1. The highest BCUT2D eigenvalue weighted by Gasteiger charge is 2.36. The van der Waals surface area contributed by atoms with Crippen molar-refractivity contribution in [3.8, 4) is 0 Å². The molecule has 1 fully saturated rings. The van der Waals surface area contributed by atoms with Crippen molar-refractivity contribution >= 4 is 0 Å². The van der Waals surface area contributed by atoms with Crippen LogP contribution in [0.25, 0.3) is 0 Å². The lowest BCUT2D eigenvalue weighted by atomic mass is 9.82. The summed E-state index contributed by atoms with van der Waals surface area (Å²) in [6, 6.07) is 0.634. The SMILES string of the molecule is CCCC(CN)N1CCC(CC)(CC)C1. The van der Waals surface area contributed by atoms with Crippen LogP contribution in [-0.4, -0.2) is 30.6 Å². The van der Waals surface area contributed by atoms with Crippen molar-refractivity contribution in [1.29, 1.82) is 0 Å². The Balaban J connectivity index is 2.53. The largest absolute Gasteiger partial charge is 0.329 e. The molecule has 90 valence electrons. The summed E-state index contributed by atoms with van der Waals surface area (Å²) in [5.41, 5.74) is 6.47. The predicted molar refractivity (Wildman–Crippen MR) is 67.0 cm³/mol. The summed E-state index contributed by atoms with van der Waals surface area (Å²) in [5.74, 6) is 0. The Bertz CT molecular complexity index is 175. The Labute approximate surface area is 95.2 Å². The molecule has 0 radical (unpaired) electrons. The summed E-state index contributed by atoms with van der Waals surface area (Å²) in [6.07, 6.45) is 6.54. The van der Waals surface area contributed by atoms with Crippen LogP contribution in [0.4, 0.5) is 0 Å². The van der Waals surface area contributed by atoms with Gasteiger partial charge in [0, 0.05) is 19.1 Å². The zero-order valence-electron chi connectivity index (χ0n) is 10.8. The molecule has 0 aromatic heterocycles. The van der Waals surface area contributed by atoms with E-state index >= 15 is 0 Å². The molecule has 0 amide bonds. The fraction of sp³-hybridized carbons (Fsp3) is 1.00. The van der Waals surface area contributed by atoms with E-state index in [2.05, 4.69) is 25.7 Å². The van der Waals surface area contributed by atoms with Gasteiger partial charge in [-0.2, -0.15) is 0 Å². The van der Waals surface area contributed by atoms with Crippen LogP contribution in [0.3, 0.4) is 0 Å². The lowest BCUT2D eigenvalue weighted by molar-refractivity contribution is 0.189. The maximum atomic E-state index is 5.87. The van der Waals surface area contributed by atoms with E-state index in [9.17, 15) is 0 Å². The topological polar surface area (TPSA) is 29.3 Å². The summed E-state index contributed by atoms with van der Waals surface area (Å²) in [6.45, 7) is 10.3. The highest BCUT2D eigenvalue weighted by molar-refractivity contribution is 4.90. The van der Waals surface area contributed by atoms with Crippen molar-refractivity contribution < 1.29 is 0 Å². The Morgan fingerprint density at radius 1 is 1.27 bits per heavy atom. The first-order chi connectivity index (χ1) is 7.21. The van der Waals surface area contributed by atoms with Gasteiger partial charge in [0.05, 0.1) is 0 Å². The number of likely N-dealkylation sites (tertiary alicyclic amines) is 1. The van der Waals surface area contributed by atoms with Gasteiger partial charge in [-0.05, 0) is 37.6 Å². The van der Waals surface area contributed by atoms with Gasteiger partial charge in [-0.15, -0.1) is 0 Å². The molecule has 0 spiro atoms. The van der Waals surface area contributed by atoms with Crippen LogP contribution in [0.5, 0.6) is 0 Å². The summed E-state index contributed by atoms with van der Waals surface area (Å²) in [5, 5.41) is 0. The second kappa shape index (κ2) is 5.86. The van der Waals surface area contributed by atoms with E-state index < -0.39 is 0 Å². The van der Waals surface area contributed by atoms with Gasteiger partial charge < -0.3 is 5.73 Å². The zero-order chi connectivity index (χ0) is 11.3. The third kappa shape index (κ3) is 2.94. The lowest BCUT2D eigenvalue weighted by Crippen LogP contribution is -2.40. The second-order valence-corrected chi connectivity index (χ2v) is 5.11. The highest BCUT2D eigenvalue weighted by atomic mass is 15.2. The minimum Gasteiger partial charge on any atom is -0.329 e. The molecule has 1 atom stereocenters. The van der Waals surface area contributed by atoms with Crippen LogP contribution >= 0.6 is 0 Å². The third-order valence-corrected chi connectivity index (χ3v) is 4.38. The number of nitrogens with zero attached hydrogens (tertiary/aromatic N) is 1. The first kappa shape index (κ1) is 13.0. The molecule has 15 heavy (non-hydrogen) atoms. The van der Waals surface area contributed by atoms with E-state index in [1.807, 2.05) is 0 Å². The third-order valence-electron chi connectivity index (χ3n) is 4.38. The van der Waals surface area contributed by atoms with E-state index in [4.69, 9.17) is 5.73 Å². The molecular formula is C13H28N2. The van der Waals surface area contributed by atoms with Gasteiger partial charge in [0.2, 0.25) is 0 Å². The molecule has 0 bridgehead atoms. The van der Waals surface area contributed by atoms with Gasteiger partial charge in [0.25, 0.3) is 0 Å². The Hall–Kier alpha value is -0.0800. The monoisotopic (exact) mass is 212 g/mol. The number of rotatable bonds is 6. The molecule has 1 aliphatic heterocycles. The summed E-state index contributed by atoms with van der Waals surface area (Å²) < 4.78 is 0. The zero-order valence-corrected chi connectivity index (χ0v) is 10.8. The Morgan fingerprint density at radius 2 is 1.93 bits per heavy atom. The van der Waals surface area contributed by atoms with Gasteiger partial charge in [0.1, 0.15) is 0 Å². The number of hydrogen-bond acceptors (Lipinski definition) is 2. The fourth-order valence-corrected chi connectivity index (χ4v) is 2.89. The van der Waals surface area contributed by atoms with Crippen molar-refractivity contribution in [1.82, 2.24) is 4.90 Å². The molecule has 1 unspecified atom stereocenters. The Morgan fingerprint density at radius 3 is 2.33 bits per heavy atom. The maximum absolute atomic E-state index is 5.87. The van der Waals surface area contributed by atoms with E-state index in [1.54, 1.807) is 0 Å². The summed E-state index contributed by atoms with van der Waals surface area (Å²) >= 11 is 0. The van der Waals surface area contributed by atoms with Crippen LogP contribution < -0.4 is 5.73 Å². The van der Waals surface area contributed by atoms with Gasteiger partial charge >= 0.3 is 0 Å². The van der Waals surface area contributed by atoms with Crippen molar-refractivity contribution in [2.24, 2.45) is 11.1 Å². The summed E-state index contributed by atoms with van der Waals surface area (Å²) in [7, 11) is 0. The summed E-state index contributed by atoms with van der Waals surface area (Å²) in [4.78, 5) is 2.64. The second-order valence-electron chi connectivity index (χ2n) is 5.11. The quantitative estimate of drug-likeness (QED) is 0.733. The molecule has 1 rings (SSSR count). The molecule has 2 heteroatoms. The van der Waals surface area contributed by atoms with Gasteiger partial charge in [-0.25, -0.2) is 0 Å². The van der Waals surface area contributed by atoms with E-state index in [-0.39, 0.29) is 0 Å². The van der Waals surface area contributed by atoms with Crippen molar-refractivity contribution in [3.63, 3.8) is 0 Å². The molecule has 0 aliphatic carbocycles. The van der Waals surface area contributed by atoms with E-state index in [0.717, 1.165) is 6.54 Å². The molecule has 1 aliphatic rings. The van der Waals surface area contributed by atoms with Crippen LogP contribution in [0.15, 0.2) is 0 Å². The highest BCUT2D eigenvalue weighted by Crippen LogP contribution is 2.38. The van der Waals surface area contributed by atoms with Gasteiger partial charge in [-0.3, -0.25) is 4.90 Å². The van der Waals surface area contributed by atoms with Crippen molar-refractivity contribution in [3.05, 3.63) is 0 Å². The van der Waals surface area contributed by atoms with Crippen LogP contribution in [-0.2, 0) is 0 Å². The maximum Gasteiger partial charge on any atom is 0.0218 e. The molecule has 1 heterocycles. The minimum absolute atomic E-state index is 0.598. The van der Waals surface area contributed by atoms with Crippen LogP contribution in [0, 0.1) is 5.41 Å². The van der Waals surface area contributed by atoms with Crippen molar-refractivity contribution in [2.45, 2.75) is 58.9 Å². The molecular weight excluding hydrogens is 184 g/mol.